The monoisotopic (exact) mass is 127 g/mol. The van der Waals surface area contributed by atoms with Crippen molar-refractivity contribution in [2.75, 3.05) is 0 Å². The van der Waals surface area contributed by atoms with E-state index >= 15 is 0 Å². The van der Waals surface area contributed by atoms with Gasteiger partial charge in [0, 0.05) is 12.3 Å². The number of nitrogens with zero attached hydrogens (tertiary/aromatic N) is 2. The fourth-order valence-corrected chi connectivity index (χ4v) is 0.473. The van der Waals surface area contributed by atoms with Crippen LogP contribution in [0.15, 0.2) is 12.3 Å². The van der Waals surface area contributed by atoms with Gasteiger partial charge in [0.05, 0.1) is 6.54 Å². The molecule has 0 amide bonds. The second-order valence-electron chi connectivity index (χ2n) is 1.50. The molecule has 1 aromatic rings. The highest BCUT2D eigenvalue weighted by atomic mass is 19.1. The fraction of sp³-hybridized carbons (Fsp3) is 0.200. The largest absolute Gasteiger partial charge is 0.324 e. The summed E-state index contributed by atoms with van der Waals surface area (Å²) in [4.78, 5) is 7.07. The van der Waals surface area contributed by atoms with Gasteiger partial charge in [0.15, 0.2) is 0 Å². The molecule has 0 bridgehead atoms. The Morgan fingerprint density at radius 3 is 2.89 bits per heavy atom. The Kier molecular flexibility index (Phi) is 1.69. The molecule has 0 saturated heterocycles. The van der Waals surface area contributed by atoms with Crippen LogP contribution in [0.3, 0.4) is 0 Å². The maximum absolute atomic E-state index is 12.1. The number of hydrogen-bond donors (Lipinski definition) is 1. The van der Waals surface area contributed by atoms with Crippen LogP contribution in [0, 0.1) is 5.95 Å². The van der Waals surface area contributed by atoms with Crippen molar-refractivity contribution in [1.82, 2.24) is 9.97 Å². The molecule has 2 N–H and O–H groups in total. The first kappa shape index (κ1) is 6.10. The van der Waals surface area contributed by atoms with E-state index in [1.54, 1.807) is 0 Å². The predicted molar refractivity (Wildman–Crippen MR) is 29.9 cm³/mol. The molecule has 4 heteroatoms. The highest BCUT2D eigenvalue weighted by Gasteiger charge is 1.92. The summed E-state index contributed by atoms with van der Waals surface area (Å²) in [6.07, 6.45) is 1.34. The molecule has 0 aliphatic carbocycles. The number of nitrogens with two attached hydrogens (primary N) is 1. The van der Waals surface area contributed by atoms with Gasteiger partial charge in [-0.15, -0.1) is 0 Å². The molecule has 0 saturated carbocycles. The SMILES string of the molecule is NCc1nccc(F)n1. The highest BCUT2D eigenvalue weighted by Crippen LogP contribution is 1.90. The Morgan fingerprint density at radius 2 is 2.44 bits per heavy atom. The molecule has 0 aliphatic heterocycles. The summed E-state index contributed by atoms with van der Waals surface area (Å²) in [6, 6.07) is 1.18. The first-order valence-corrected chi connectivity index (χ1v) is 2.50. The first-order chi connectivity index (χ1) is 4.33. The number of aromatic nitrogens is 2. The van der Waals surface area contributed by atoms with Gasteiger partial charge in [-0.05, 0) is 0 Å². The van der Waals surface area contributed by atoms with Crippen LogP contribution < -0.4 is 5.73 Å². The van der Waals surface area contributed by atoms with Gasteiger partial charge < -0.3 is 5.73 Å². The lowest BCUT2D eigenvalue weighted by Crippen LogP contribution is -2.03. The van der Waals surface area contributed by atoms with E-state index in [-0.39, 0.29) is 6.54 Å². The van der Waals surface area contributed by atoms with Gasteiger partial charge in [-0.25, -0.2) is 9.97 Å². The third-order valence-corrected chi connectivity index (χ3v) is 0.854. The van der Waals surface area contributed by atoms with Crippen LogP contribution in [0.2, 0.25) is 0 Å². The van der Waals surface area contributed by atoms with E-state index in [0.29, 0.717) is 5.82 Å². The summed E-state index contributed by atoms with van der Waals surface area (Å²) in [7, 11) is 0. The first-order valence-electron chi connectivity index (χ1n) is 2.50. The van der Waals surface area contributed by atoms with Gasteiger partial charge in [0.2, 0.25) is 5.95 Å². The zero-order chi connectivity index (χ0) is 6.69. The Bertz CT molecular complexity index is 201. The summed E-state index contributed by atoms with van der Waals surface area (Å²) >= 11 is 0. The zero-order valence-electron chi connectivity index (χ0n) is 4.71. The van der Waals surface area contributed by atoms with Crippen LogP contribution in [-0.4, -0.2) is 9.97 Å². The smallest absolute Gasteiger partial charge is 0.216 e. The molecule has 3 nitrogen and oxygen atoms in total. The number of halogens is 1. The van der Waals surface area contributed by atoms with Crippen molar-refractivity contribution < 1.29 is 4.39 Å². The predicted octanol–water partition coefficient (Wildman–Crippen LogP) is 0.0744. The van der Waals surface area contributed by atoms with Gasteiger partial charge in [0.1, 0.15) is 5.82 Å². The highest BCUT2D eigenvalue weighted by molar-refractivity contribution is 4.89. The lowest BCUT2D eigenvalue weighted by molar-refractivity contribution is 0.570. The van der Waals surface area contributed by atoms with Gasteiger partial charge in [0.25, 0.3) is 0 Å². The summed E-state index contributed by atoms with van der Waals surface area (Å²) in [5, 5.41) is 0. The standard InChI is InChI=1S/C5H6FN3/c6-4-1-2-8-5(3-7)9-4/h1-2H,3,7H2. The Labute approximate surface area is 51.7 Å². The quantitative estimate of drug-likeness (QED) is 0.543. The van der Waals surface area contributed by atoms with E-state index in [1.165, 1.54) is 12.3 Å². The van der Waals surface area contributed by atoms with E-state index in [4.69, 9.17) is 5.73 Å². The molecular weight excluding hydrogens is 121 g/mol. The molecule has 0 fully saturated rings. The fourth-order valence-electron chi connectivity index (χ4n) is 0.473. The van der Waals surface area contributed by atoms with Crippen LogP contribution in [0.5, 0.6) is 0 Å². The van der Waals surface area contributed by atoms with Crippen LogP contribution in [0.25, 0.3) is 0 Å². The van der Waals surface area contributed by atoms with E-state index in [1.807, 2.05) is 0 Å². The van der Waals surface area contributed by atoms with Gasteiger partial charge >= 0.3 is 0 Å². The van der Waals surface area contributed by atoms with Crippen molar-refractivity contribution in [2.24, 2.45) is 5.73 Å². The molecule has 0 aliphatic rings. The topological polar surface area (TPSA) is 51.8 Å². The number of hydrogen-bond acceptors (Lipinski definition) is 3. The molecule has 48 valence electrons. The van der Waals surface area contributed by atoms with E-state index in [0.717, 1.165) is 0 Å². The normalized spacial score (nSPS) is 9.56. The minimum Gasteiger partial charge on any atom is -0.324 e. The molecule has 0 spiro atoms. The Morgan fingerprint density at radius 1 is 1.67 bits per heavy atom. The van der Waals surface area contributed by atoms with Crippen LogP contribution in [0.4, 0.5) is 4.39 Å². The molecule has 0 aromatic carbocycles. The lowest BCUT2D eigenvalue weighted by atomic mass is 10.5. The molecule has 0 unspecified atom stereocenters. The second kappa shape index (κ2) is 2.50. The summed E-state index contributed by atoms with van der Waals surface area (Å²) in [6.45, 7) is 0.178. The Balaban J connectivity index is 2.94. The molecular formula is C5H6FN3. The third kappa shape index (κ3) is 1.43. The molecule has 0 atom stereocenters. The summed E-state index contributed by atoms with van der Waals surface area (Å²) < 4.78 is 12.1. The van der Waals surface area contributed by atoms with Crippen molar-refractivity contribution in [3.8, 4) is 0 Å². The van der Waals surface area contributed by atoms with Gasteiger partial charge in [-0.3, -0.25) is 0 Å². The van der Waals surface area contributed by atoms with Crippen molar-refractivity contribution in [2.45, 2.75) is 6.54 Å². The lowest BCUT2D eigenvalue weighted by Gasteiger charge is -1.90. The summed E-state index contributed by atoms with van der Waals surface area (Å²) in [5.74, 6) is -0.208. The van der Waals surface area contributed by atoms with Crippen molar-refractivity contribution in [3.05, 3.63) is 24.0 Å². The van der Waals surface area contributed by atoms with Crippen molar-refractivity contribution in [1.29, 1.82) is 0 Å². The van der Waals surface area contributed by atoms with Crippen LogP contribution in [-0.2, 0) is 6.54 Å². The van der Waals surface area contributed by atoms with Crippen molar-refractivity contribution in [3.63, 3.8) is 0 Å². The Hall–Kier alpha value is -1.03. The number of rotatable bonds is 1. The second-order valence-corrected chi connectivity index (χ2v) is 1.50. The molecule has 9 heavy (non-hydrogen) atoms. The summed E-state index contributed by atoms with van der Waals surface area (Å²) in [5.41, 5.74) is 5.13. The van der Waals surface area contributed by atoms with E-state index < -0.39 is 5.95 Å². The van der Waals surface area contributed by atoms with Crippen LogP contribution in [0.1, 0.15) is 5.82 Å². The van der Waals surface area contributed by atoms with E-state index in [9.17, 15) is 4.39 Å². The van der Waals surface area contributed by atoms with Gasteiger partial charge in [-0.1, -0.05) is 0 Å². The van der Waals surface area contributed by atoms with Gasteiger partial charge in [-0.2, -0.15) is 4.39 Å². The molecule has 1 aromatic heterocycles. The minimum atomic E-state index is -0.537. The molecule has 1 heterocycles. The average Bonchev–Trinajstić information content (AvgIpc) is 1.88. The van der Waals surface area contributed by atoms with Crippen LogP contribution >= 0.6 is 0 Å². The maximum atomic E-state index is 12.1. The molecule has 0 radical (unpaired) electrons. The minimum absolute atomic E-state index is 0.178. The van der Waals surface area contributed by atoms with E-state index in [2.05, 4.69) is 9.97 Å². The maximum Gasteiger partial charge on any atom is 0.216 e. The molecule has 1 rings (SSSR count). The zero-order valence-corrected chi connectivity index (χ0v) is 4.71. The average molecular weight is 127 g/mol. The third-order valence-electron chi connectivity index (χ3n) is 0.854. The van der Waals surface area contributed by atoms with Crippen molar-refractivity contribution >= 4 is 0 Å².